The van der Waals surface area contributed by atoms with Crippen molar-refractivity contribution in [2.75, 3.05) is 5.73 Å². The van der Waals surface area contributed by atoms with Crippen LogP contribution in [-0.4, -0.2) is 10.1 Å². The molecule has 2 N–H and O–H groups in total. The first-order chi connectivity index (χ1) is 5.24. The Morgan fingerprint density at radius 2 is 2.36 bits per heavy atom. The lowest BCUT2D eigenvalue weighted by molar-refractivity contribution is 0.419. The summed E-state index contributed by atoms with van der Waals surface area (Å²) in [5.74, 6) is 1.06. The normalized spacial score (nSPS) is 13.3. The van der Waals surface area contributed by atoms with Gasteiger partial charge in [-0.15, -0.1) is 0 Å². The van der Waals surface area contributed by atoms with Crippen molar-refractivity contribution in [2.45, 2.75) is 32.6 Å². The van der Waals surface area contributed by atoms with Crippen LogP contribution >= 0.6 is 0 Å². The van der Waals surface area contributed by atoms with Gasteiger partial charge in [0.05, 0.1) is 0 Å². The topological polar surface area (TPSA) is 64.9 Å². The predicted molar refractivity (Wildman–Crippen MR) is 42.0 cm³/mol. The number of nitrogen functional groups attached to an aromatic ring is 1. The zero-order valence-electron chi connectivity index (χ0n) is 6.87. The Balaban J connectivity index is 2.60. The maximum atomic E-state index is 5.27. The fourth-order valence-corrected chi connectivity index (χ4v) is 1.01. The van der Waals surface area contributed by atoms with E-state index in [4.69, 9.17) is 5.73 Å². The number of anilines is 1. The van der Waals surface area contributed by atoms with Gasteiger partial charge in [-0.2, -0.15) is 4.98 Å². The lowest BCUT2D eigenvalue weighted by atomic mass is 10.1. The fourth-order valence-electron chi connectivity index (χ4n) is 1.01. The van der Waals surface area contributed by atoms with Crippen LogP contribution in [0, 0.1) is 0 Å². The predicted octanol–water partition coefficient (Wildman–Crippen LogP) is 1.56. The number of nitrogens with two attached hydrogens (primary N) is 1. The second kappa shape index (κ2) is 3.37. The Bertz CT molecular complexity index is 221. The molecule has 0 aromatic carbocycles. The van der Waals surface area contributed by atoms with Crippen molar-refractivity contribution in [3.05, 3.63) is 5.82 Å². The molecule has 62 valence electrons. The quantitative estimate of drug-likeness (QED) is 0.719. The molecule has 0 aliphatic carbocycles. The van der Waals surface area contributed by atoms with E-state index in [0.717, 1.165) is 12.8 Å². The van der Waals surface area contributed by atoms with E-state index >= 15 is 0 Å². The average Bonchev–Trinajstić information content (AvgIpc) is 2.36. The average molecular weight is 155 g/mol. The standard InChI is InChI=1S/C7H13N3O/c1-3-4-5(2)6-9-7(8)11-10-6/h5H,3-4H2,1-2H3,(H2,8,9,10). The van der Waals surface area contributed by atoms with E-state index in [1.54, 1.807) is 0 Å². The number of hydrogen-bond donors (Lipinski definition) is 1. The summed E-state index contributed by atoms with van der Waals surface area (Å²) >= 11 is 0. The maximum Gasteiger partial charge on any atom is 0.318 e. The van der Waals surface area contributed by atoms with Crippen LogP contribution in [-0.2, 0) is 0 Å². The molecule has 0 saturated carbocycles. The van der Waals surface area contributed by atoms with E-state index in [2.05, 4.69) is 28.5 Å². The van der Waals surface area contributed by atoms with Gasteiger partial charge < -0.3 is 10.3 Å². The highest BCUT2D eigenvalue weighted by molar-refractivity contribution is 5.09. The van der Waals surface area contributed by atoms with Crippen molar-refractivity contribution < 1.29 is 4.52 Å². The Labute approximate surface area is 65.8 Å². The van der Waals surface area contributed by atoms with Crippen LogP contribution in [0.25, 0.3) is 0 Å². The molecule has 0 spiro atoms. The molecule has 0 radical (unpaired) electrons. The molecule has 1 heterocycles. The molecule has 1 aromatic heterocycles. The summed E-state index contributed by atoms with van der Waals surface area (Å²) < 4.78 is 4.65. The zero-order chi connectivity index (χ0) is 8.27. The van der Waals surface area contributed by atoms with Gasteiger partial charge >= 0.3 is 6.01 Å². The second-order valence-electron chi connectivity index (χ2n) is 2.68. The number of rotatable bonds is 3. The molecule has 1 unspecified atom stereocenters. The van der Waals surface area contributed by atoms with E-state index in [9.17, 15) is 0 Å². The van der Waals surface area contributed by atoms with E-state index in [1.165, 1.54) is 0 Å². The highest BCUT2D eigenvalue weighted by Gasteiger charge is 2.10. The first kappa shape index (κ1) is 8.04. The molecule has 0 aliphatic rings. The van der Waals surface area contributed by atoms with Crippen LogP contribution in [0.3, 0.4) is 0 Å². The Hall–Kier alpha value is -1.06. The molecule has 0 bridgehead atoms. The van der Waals surface area contributed by atoms with E-state index in [1.807, 2.05) is 0 Å². The van der Waals surface area contributed by atoms with Gasteiger partial charge in [-0.25, -0.2) is 0 Å². The molecule has 0 saturated heterocycles. The summed E-state index contributed by atoms with van der Waals surface area (Å²) in [7, 11) is 0. The Kier molecular flexibility index (Phi) is 2.46. The van der Waals surface area contributed by atoms with E-state index in [-0.39, 0.29) is 6.01 Å². The molecule has 11 heavy (non-hydrogen) atoms. The minimum Gasteiger partial charge on any atom is -0.351 e. The van der Waals surface area contributed by atoms with Gasteiger partial charge in [0.25, 0.3) is 0 Å². The minimum atomic E-state index is 0.156. The van der Waals surface area contributed by atoms with E-state index < -0.39 is 0 Å². The molecule has 4 nitrogen and oxygen atoms in total. The third-order valence-electron chi connectivity index (χ3n) is 1.62. The molecule has 4 heteroatoms. The zero-order valence-corrected chi connectivity index (χ0v) is 6.87. The Morgan fingerprint density at radius 3 is 2.82 bits per heavy atom. The van der Waals surface area contributed by atoms with Crippen LogP contribution < -0.4 is 5.73 Å². The van der Waals surface area contributed by atoms with Crippen LogP contribution in [0.2, 0.25) is 0 Å². The number of hydrogen-bond acceptors (Lipinski definition) is 4. The van der Waals surface area contributed by atoms with Crippen molar-refractivity contribution in [1.29, 1.82) is 0 Å². The van der Waals surface area contributed by atoms with Crippen molar-refractivity contribution in [1.82, 2.24) is 10.1 Å². The van der Waals surface area contributed by atoms with Crippen molar-refractivity contribution in [2.24, 2.45) is 0 Å². The molecule has 0 aliphatic heterocycles. The third-order valence-corrected chi connectivity index (χ3v) is 1.62. The lowest BCUT2D eigenvalue weighted by Crippen LogP contribution is -1.95. The summed E-state index contributed by atoms with van der Waals surface area (Å²) in [5, 5.41) is 3.72. The monoisotopic (exact) mass is 155 g/mol. The molecular weight excluding hydrogens is 142 g/mol. The summed E-state index contributed by atoms with van der Waals surface area (Å²) in [4.78, 5) is 3.93. The van der Waals surface area contributed by atoms with Gasteiger partial charge in [0.15, 0.2) is 5.82 Å². The highest BCUT2D eigenvalue weighted by Crippen LogP contribution is 2.17. The number of aromatic nitrogens is 2. The largest absolute Gasteiger partial charge is 0.351 e. The smallest absolute Gasteiger partial charge is 0.318 e. The molecule has 1 rings (SSSR count). The van der Waals surface area contributed by atoms with Gasteiger partial charge in [-0.3, -0.25) is 0 Å². The molecule has 1 atom stereocenters. The van der Waals surface area contributed by atoms with Crippen molar-refractivity contribution >= 4 is 6.01 Å². The van der Waals surface area contributed by atoms with Crippen molar-refractivity contribution in [3.63, 3.8) is 0 Å². The number of nitrogens with zero attached hydrogens (tertiary/aromatic N) is 2. The van der Waals surface area contributed by atoms with Gasteiger partial charge in [0.2, 0.25) is 0 Å². The van der Waals surface area contributed by atoms with Gasteiger partial charge in [0.1, 0.15) is 0 Å². The van der Waals surface area contributed by atoms with Crippen molar-refractivity contribution in [3.8, 4) is 0 Å². The molecule has 1 aromatic rings. The minimum absolute atomic E-state index is 0.156. The summed E-state index contributed by atoms with van der Waals surface area (Å²) in [6, 6.07) is 0.156. The van der Waals surface area contributed by atoms with Crippen LogP contribution in [0.4, 0.5) is 6.01 Å². The molecule has 0 amide bonds. The fraction of sp³-hybridized carbons (Fsp3) is 0.714. The van der Waals surface area contributed by atoms with Gasteiger partial charge in [0, 0.05) is 5.92 Å². The van der Waals surface area contributed by atoms with Crippen LogP contribution in [0.5, 0.6) is 0 Å². The first-order valence-electron chi connectivity index (χ1n) is 3.83. The van der Waals surface area contributed by atoms with Gasteiger partial charge in [-0.05, 0) is 6.42 Å². The lowest BCUT2D eigenvalue weighted by Gasteiger charge is -2.01. The van der Waals surface area contributed by atoms with E-state index in [0.29, 0.717) is 11.7 Å². The Morgan fingerprint density at radius 1 is 1.64 bits per heavy atom. The summed E-state index contributed by atoms with van der Waals surface area (Å²) in [5.41, 5.74) is 5.27. The SMILES string of the molecule is CCCC(C)c1noc(N)n1. The van der Waals surface area contributed by atoms with Crippen LogP contribution in [0.15, 0.2) is 4.52 Å². The van der Waals surface area contributed by atoms with Crippen LogP contribution in [0.1, 0.15) is 38.4 Å². The first-order valence-corrected chi connectivity index (χ1v) is 3.83. The summed E-state index contributed by atoms with van der Waals surface area (Å²) in [6.07, 6.45) is 2.19. The van der Waals surface area contributed by atoms with Gasteiger partial charge in [-0.1, -0.05) is 25.4 Å². The molecular formula is C7H13N3O. The second-order valence-corrected chi connectivity index (χ2v) is 2.68. The molecule has 0 fully saturated rings. The highest BCUT2D eigenvalue weighted by atomic mass is 16.5. The third kappa shape index (κ3) is 1.93. The maximum absolute atomic E-state index is 5.27. The summed E-state index contributed by atoms with van der Waals surface area (Å²) in [6.45, 7) is 4.19.